The second-order valence-corrected chi connectivity index (χ2v) is 19.9. The molecule has 0 amide bonds. The van der Waals surface area contributed by atoms with Gasteiger partial charge < -0.3 is 28.6 Å². The summed E-state index contributed by atoms with van der Waals surface area (Å²) in [6.45, 7) is 24.0. The van der Waals surface area contributed by atoms with Crippen LogP contribution in [0.2, 0.25) is 19.6 Å². The highest BCUT2D eigenvalue weighted by atomic mass is 28.4. The first-order chi connectivity index (χ1) is 23.5. The first kappa shape index (κ1) is 37.3. The summed E-state index contributed by atoms with van der Waals surface area (Å²) in [7, 11) is -1.79. The summed E-state index contributed by atoms with van der Waals surface area (Å²) in [6, 6.07) is 6.06. The minimum atomic E-state index is -1.79. The maximum atomic E-state index is 13.8. The molecule has 2 aliphatic rings. The van der Waals surface area contributed by atoms with Crippen LogP contribution in [0.1, 0.15) is 110 Å². The van der Waals surface area contributed by atoms with Crippen LogP contribution >= 0.6 is 0 Å². The number of aromatic nitrogens is 4. The lowest BCUT2D eigenvalue weighted by atomic mass is 9.86. The molecule has 0 aromatic carbocycles. The van der Waals surface area contributed by atoms with Gasteiger partial charge in [-0.3, -0.25) is 9.97 Å². The number of carbonyl (C=O) groups is 2. The van der Waals surface area contributed by atoms with Gasteiger partial charge in [0.05, 0.1) is 47.7 Å². The summed E-state index contributed by atoms with van der Waals surface area (Å²) in [4.78, 5) is 44.8. The van der Waals surface area contributed by atoms with Gasteiger partial charge in [0, 0.05) is 51.8 Å². The van der Waals surface area contributed by atoms with Gasteiger partial charge in [0.15, 0.2) is 14.1 Å². The van der Waals surface area contributed by atoms with E-state index in [9.17, 15) is 9.59 Å². The Morgan fingerprint density at radius 1 is 0.740 bits per heavy atom. The van der Waals surface area contributed by atoms with Crippen LogP contribution in [0.3, 0.4) is 0 Å². The highest BCUT2D eigenvalue weighted by molar-refractivity contribution is 6.69. The molecule has 3 aromatic rings. The monoisotopic (exact) mass is 702 g/mol. The van der Waals surface area contributed by atoms with Crippen molar-refractivity contribution in [1.82, 2.24) is 19.9 Å². The molecule has 5 rings (SSSR count). The van der Waals surface area contributed by atoms with Gasteiger partial charge in [-0.1, -0.05) is 41.5 Å². The van der Waals surface area contributed by atoms with E-state index in [-0.39, 0.29) is 36.6 Å². The van der Waals surface area contributed by atoms with E-state index in [2.05, 4.69) is 57.3 Å². The molecule has 2 N–H and O–H groups in total. The second-order valence-electron chi connectivity index (χ2n) is 15.3. The molecule has 0 saturated carbocycles. The Labute approximate surface area is 296 Å². The summed E-state index contributed by atoms with van der Waals surface area (Å²) in [5.74, 6) is -0.263. The highest BCUT2D eigenvalue weighted by Gasteiger charge is 2.34. The van der Waals surface area contributed by atoms with Gasteiger partial charge in [-0.2, -0.15) is 0 Å². The van der Waals surface area contributed by atoms with Crippen LogP contribution < -0.4 is 4.74 Å². The lowest BCUT2D eigenvalue weighted by molar-refractivity contribution is 0.0518. The van der Waals surface area contributed by atoms with E-state index in [1.807, 2.05) is 45.9 Å². The molecule has 0 atom stereocenters. The molecule has 50 heavy (non-hydrogen) atoms. The molecular weight excluding hydrogens is 649 g/mol. The molecule has 0 fully saturated rings. The molecule has 11 heteroatoms. The Morgan fingerprint density at radius 2 is 1.30 bits per heavy atom. The third-order valence-corrected chi connectivity index (χ3v) is 10.4. The van der Waals surface area contributed by atoms with Crippen molar-refractivity contribution in [3.8, 4) is 5.75 Å². The predicted octanol–water partition coefficient (Wildman–Crippen LogP) is 8.06. The largest absolute Gasteiger partial charge is 0.487 e. The quantitative estimate of drug-likeness (QED) is 0.117. The third kappa shape index (κ3) is 7.54. The van der Waals surface area contributed by atoms with Gasteiger partial charge in [0.25, 0.3) is 0 Å². The summed E-state index contributed by atoms with van der Waals surface area (Å²) in [5.41, 5.74) is 8.05. The minimum Gasteiger partial charge on any atom is -0.487 e. The average molecular weight is 703 g/mol. The number of nitrogens with one attached hydrogen (secondary N) is 2. The number of H-pyrrole nitrogens is 2. The zero-order chi connectivity index (χ0) is 36.6. The van der Waals surface area contributed by atoms with E-state index in [0.717, 1.165) is 44.9 Å². The van der Waals surface area contributed by atoms with Crippen LogP contribution in [0.25, 0.3) is 22.1 Å². The van der Waals surface area contributed by atoms with Crippen molar-refractivity contribution in [3.05, 3.63) is 63.2 Å². The van der Waals surface area contributed by atoms with E-state index >= 15 is 0 Å². The van der Waals surface area contributed by atoms with Crippen molar-refractivity contribution in [2.45, 2.75) is 112 Å². The molecule has 3 aromatic heterocycles. The lowest BCUT2D eigenvalue weighted by Crippen LogP contribution is -2.27. The standard InChI is InChI=1S/C39H54N4O6Si/c1-12-24-26-19-31-39(7,8)22-29(42-31)35(48-16-17-49-50(9,10)11)34-33(37(45)47-15-4)25(13-2)27(43-34)20-30-38(5,6)21-23(40-30)18-28(41-26)32(24)36(44)46-14-3/h18-20,41,43H,12-17,21-22H2,1-11H3. The first-order valence-electron chi connectivity index (χ1n) is 18.0. The highest BCUT2D eigenvalue weighted by Crippen LogP contribution is 2.40. The van der Waals surface area contributed by atoms with Crippen molar-refractivity contribution >= 4 is 42.3 Å². The van der Waals surface area contributed by atoms with Crippen molar-refractivity contribution < 1.29 is 28.2 Å². The number of ether oxygens (including phenoxy) is 3. The van der Waals surface area contributed by atoms with E-state index in [0.29, 0.717) is 60.2 Å². The summed E-state index contributed by atoms with van der Waals surface area (Å²) in [6.07, 6.45) is 2.42. The van der Waals surface area contributed by atoms with Crippen molar-refractivity contribution in [1.29, 1.82) is 0 Å². The van der Waals surface area contributed by atoms with Gasteiger partial charge in [-0.25, -0.2) is 9.59 Å². The molecule has 0 radical (unpaired) electrons. The number of hydrogen-bond donors (Lipinski definition) is 2. The summed E-state index contributed by atoms with van der Waals surface area (Å²) >= 11 is 0. The van der Waals surface area contributed by atoms with E-state index in [1.165, 1.54) is 0 Å². The Hall–Kier alpha value is -3.96. The number of aromatic amines is 2. The van der Waals surface area contributed by atoms with Gasteiger partial charge >= 0.3 is 11.9 Å². The Balaban J connectivity index is 1.96. The molecule has 5 heterocycles. The van der Waals surface area contributed by atoms with Crippen LogP contribution in [0.5, 0.6) is 5.75 Å². The number of esters is 2. The van der Waals surface area contributed by atoms with Crippen molar-refractivity contribution in [2.75, 3.05) is 26.4 Å². The van der Waals surface area contributed by atoms with E-state index in [4.69, 9.17) is 28.6 Å². The van der Waals surface area contributed by atoms with Gasteiger partial charge in [-0.05, 0) is 75.7 Å². The van der Waals surface area contributed by atoms with Crippen molar-refractivity contribution in [2.24, 2.45) is 0 Å². The number of nitrogens with zero attached hydrogens (tertiary/aromatic N) is 2. The SMILES string of the molecule is CCOC(=O)c1c(CC)c2cc3nc(c(OCCO[Si](C)(C)C)c4[nH]c(cc5nc(cc1[nH]2)CC5(C)C)c(CC)c4C(=O)OCC)CC3(C)C. The fraction of sp³-hybridized carbons (Fsp3) is 0.538. The normalized spacial score (nSPS) is 15.2. The average Bonchev–Trinajstić information content (AvgIpc) is 3.72. The smallest absolute Gasteiger partial charge is 0.340 e. The third-order valence-electron chi connectivity index (χ3n) is 9.33. The minimum absolute atomic E-state index is 0.242. The lowest BCUT2D eigenvalue weighted by Gasteiger charge is -2.18. The second kappa shape index (κ2) is 14.3. The van der Waals surface area contributed by atoms with Gasteiger partial charge in [-0.15, -0.1) is 0 Å². The molecular formula is C39H54N4O6Si. The summed E-state index contributed by atoms with van der Waals surface area (Å²) in [5, 5.41) is 0. The molecule has 0 unspecified atom stereocenters. The van der Waals surface area contributed by atoms with Gasteiger partial charge in [0.2, 0.25) is 0 Å². The Kier molecular flexibility index (Phi) is 10.7. The van der Waals surface area contributed by atoms with Gasteiger partial charge in [0.1, 0.15) is 6.61 Å². The first-order valence-corrected chi connectivity index (χ1v) is 21.4. The van der Waals surface area contributed by atoms with Crippen molar-refractivity contribution in [3.63, 3.8) is 0 Å². The number of fused-ring (bicyclic) bond motifs is 8. The zero-order valence-corrected chi connectivity index (χ0v) is 32.7. The number of carbonyl (C=O) groups excluding carboxylic acids is 2. The molecule has 2 aliphatic heterocycles. The van der Waals surface area contributed by atoms with E-state index in [1.54, 1.807) is 0 Å². The molecule has 270 valence electrons. The van der Waals surface area contributed by atoms with Crippen LogP contribution in [0.4, 0.5) is 0 Å². The molecule has 8 bridgehead atoms. The maximum absolute atomic E-state index is 13.8. The Morgan fingerprint density at radius 3 is 1.90 bits per heavy atom. The molecule has 10 nitrogen and oxygen atoms in total. The predicted molar refractivity (Wildman–Crippen MR) is 200 cm³/mol. The topological polar surface area (TPSA) is 128 Å². The fourth-order valence-corrected chi connectivity index (χ4v) is 7.59. The van der Waals surface area contributed by atoms with Crippen LogP contribution in [0.15, 0.2) is 18.2 Å². The molecule has 0 saturated heterocycles. The fourth-order valence-electron chi connectivity index (χ4n) is 6.90. The zero-order valence-electron chi connectivity index (χ0n) is 31.7. The van der Waals surface area contributed by atoms with E-state index < -0.39 is 14.3 Å². The number of rotatable bonds is 11. The summed E-state index contributed by atoms with van der Waals surface area (Å²) < 4.78 is 24.0. The van der Waals surface area contributed by atoms with Crippen LogP contribution in [0, 0.1) is 0 Å². The molecule has 0 spiro atoms. The van der Waals surface area contributed by atoms with Crippen LogP contribution in [-0.4, -0.2) is 66.6 Å². The van der Waals surface area contributed by atoms with Crippen LogP contribution in [-0.2, 0) is 50.4 Å². The Bertz CT molecular complexity index is 1950. The number of hydrogen-bond acceptors (Lipinski definition) is 8. The molecule has 0 aliphatic carbocycles. The number of aryl methyl sites for hydroxylation is 2. The maximum Gasteiger partial charge on any atom is 0.340 e.